The molecule has 0 amide bonds. The van der Waals surface area contributed by atoms with Gasteiger partial charge >= 0.3 is 0 Å². The quantitative estimate of drug-likeness (QED) is 0.800. The van der Waals surface area contributed by atoms with Crippen molar-refractivity contribution in [2.75, 3.05) is 13.2 Å². The number of hydrogen-bond donors (Lipinski definition) is 1. The molecule has 0 radical (unpaired) electrons. The van der Waals surface area contributed by atoms with Crippen molar-refractivity contribution in [3.8, 4) is 5.75 Å². The van der Waals surface area contributed by atoms with Crippen LogP contribution in [0.2, 0.25) is 10.0 Å². The van der Waals surface area contributed by atoms with Crippen LogP contribution in [-0.4, -0.2) is 21.6 Å². The first-order valence-electron chi connectivity index (χ1n) is 7.09. The number of ether oxygens (including phenoxy) is 1. The summed E-state index contributed by atoms with van der Waals surface area (Å²) < 4.78 is 32.6. The van der Waals surface area contributed by atoms with Crippen molar-refractivity contribution in [2.45, 2.75) is 18.2 Å². The highest BCUT2D eigenvalue weighted by Crippen LogP contribution is 2.24. The van der Waals surface area contributed by atoms with Gasteiger partial charge in [0, 0.05) is 6.54 Å². The van der Waals surface area contributed by atoms with E-state index in [4.69, 9.17) is 27.9 Å². The Bertz CT molecular complexity index is 779. The van der Waals surface area contributed by atoms with Crippen LogP contribution < -0.4 is 9.46 Å². The van der Waals surface area contributed by atoms with Crippen LogP contribution in [0.4, 0.5) is 0 Å². The number of sulfonamides is 1. The molecule has 1 N–H and O–H groups in total. The fourth-order valence-electron chi connectivity index (χ4n) is 2.05. The zero-order valence-corrected chi connectivity index (χ0v) is 14.9. The van der Waals surface area contributed by atoms with E-state index in [1.165, 1.54) is 18.2 Å². The van der Waals surface area contributed by atoms with E-state index in [0.29, 0.717) is 18.1 Å². The highest BCUT2D eigenvalue weighted by atomic mass is 35.5. The Hall–Kier alpha value is -1.27. The van der Waals surface area contributed by atoms with Crippen molar-refractivity contribution in [3.63, 3.8) is 0 Å². The molecule has 0 unspecified atom stereocenters. The van der Waals surface area contributed by atoms with Crippen LogP contribution in [0.3, 0.4) is 0 Å². The molecular weight excluding hydrogens is 357 g/mol. The number of para-hydroxylation sites is 1. The Labute approximate surface area is 146 Å². The van der Waals surface area contributed by atoms with Gasteiger partial charge < -0.3 is 4.74 Å². The zero-order valence-electron chi connectivity index (χ0n) is 12.6. The van der Waals surface area contributed by atoms with E-state index >= 15 is 0 Å². The molecule has 0 heterocycles. The van der Waals surface area contributed by atoms with Gasteiger partial charge in [0.05, 0.1) is 21.5 Å². The topological polar surface area (TPSA) is 55.4 Å². The van der Waals surface area contributed by atoms with Gasteiger partial charge in [0.2, 0.25) is 10.0 Å². The maximum atomic E-state index is 12.3. The fraction of sp³-hybridized carbons (Fsp3) is 0.250. The lowest BCUT2D eigenvalue weighted by atomic mass is 10.1. The molecule has 0 fully saturated rings. The van der Waals surface area contributed by atoms with Gasteiger partial charge in [0.15, 0.2) is 0 Å². The molecule has 0 saturated heterocycles. The largest absolute Gasteiger partial charge is 0.494 e. The number of halogens is 2. The maximum absolute atomic E-state index is 12.3. The average Bonchev–Trinajstić information content (AvgIpc) is 2.52. The average molecular weight is 374 g/mol. The lowest BCUT2D eigenvalue weighted by Gasteiger charge is -2.11. The number of rotatable bonds is 7. The third-order valence-electron chi connectivity index (χ3n) is 3.16. The van der Waals surface area contributed by atoms with E-state index in [1.807, 2.05) is 31.2 Å². The van der Waals surface area contributed by atoms with Crippen molar-refractivity contribution >= 4 is 33.2 Å². The van der Waals surface area contributed by atoms with Crippen LogP contribution in [0.1, 0.15) is 12.5 Å². The molecule has 7 heteroatoms. The van der Waals surface area contributed by atoms with Crippen LogP contribution >= 0.6 is 23.2 Å². The molecule has 0 spiro atoms. The van der Waals surface area contributed by atoms with Gasteiger partial charge in [0.1, 0.15) is 5.75 Å². The van der Waals surface area contributed by atoms with Crippen molar-refractivity contribution in [1.29, 1.82) is 0 Å². The monoisotopic (exact) mass is 373 g/mol. The first-order chi connectivity index (χ1) is 10.9. The second-order valence-corrected chi connectivity index (χ2v) is 7.35. The van der Waals surface area contributed by atoms with Crippen molar-refractivity contribution in [2.24, 2.45) is 0 Å². The molecular formula is C16H17Cl2NO3S. The Balaban J connectivity index is 2.04. The molecule has 0 aliphatic rings. The summed E-state index contributed by atoms with van der Waals surface area (Å²) in [6.07, 6.45) is 0.525. The van der Waals surface area contributed by atoms with Gasteiger partial charge in [-0.2, -0.15) is 0 Å². The number of hydrogen-bond acceptors (Lipinski definition) is 3. The SMILES string of the molecule is CCOc1ccccc1CCNS(=O)(=O)c1ccc(Cl)c(Cl)c1. The second-order valence-electron chi connectivity index (χ2n) is 4.76. The Kier molecular flexibility index (Phi) is 6.30. The lowest BCUT2D eigenvalue weighted by Crippen LogP contribution is -2.26. The van der Waals surface area contributed by atoms with E-state index in [9.17, 15) is 8.42 Å². The predicted molar refractivity (Wildman–Crippen MR) is 93.0 cm³/mol. The number of nitrogens with one attached hydrogen (secondary N) is 1. The third-order valence-corrected chi connectivity index (χ3v) is 5.36. The van der Waals surface area contributed by atoms with Crippen LogP contribution in [0, 0.1) is 0 Å². The van der Waals surface area contributed by atoms with E-state index in [1.54, 1.807) is 0 Å². The molecule has 0 aliphatic heterocycles. The summed E-state index contributed by atoms with van der Waals surface area (Å²) in [4.78, 5) is 0.0880. The van der Waals surface area contributed by atoms with Crippen LogP contribution in [0.25, 0.3) is 0 Å². The van der Waals surface area contributed by atoms with Crippen LogP contribution in [-0.2, 0) is 16.4 Å². The van der Waals surface area contributed by atoms with Crippen molar-refractivity contribution in [1.82, 2.24) is 4.72 Å². The number of benzene rings is 2. The van der Waals surface area contributed by atoms with Crippen molar-refractivity contribution in [3.05, 3.63) is 58.1 Å². The van der Waals surface area contributed by atoms with Crippen molar-refractivity contribution < 1.29 is 13.2 Å². The summed E-state index contributed by atoms with van der Waals surface area (Å²) in [5, 5.41) is 0.521. The van der Waals surface area contributed by atoms with Gasteiger partial charge in [-0.05, 0) is 43.2 Å². The molecule has 2 aromatic rings. The zero-order chi connectivity index (χ0) is 16.9. The second kappa shape index (κ2) is 8.02. The summed E-state index contributed by atoms with van der Waals surface area (Å²) in [5.41, 5.74) is 0.950. The van der Waals surface area contributed by atoms with Crippen LogP contribution in [0.15, 0.2) is 47.4 Å². The fourth-order valence-corrected chi connectivity index (χ4v) is 3.47. The molecule has 0 aliphatic carbocycles. The highest BCUT2D eigenvalue weighted by molar-refractivity contribution is 7.89. The summed E-state index contributed by atoms with van der Waals surface area (Å²) in [7, 11) is -3.63. The van der Waals surface area contributed by atoms with Gasteiger partial charge in [-0.1, -0.05) is 41.4 Å². The van der Waals surface area contributed by atoms with E-state index < -0.39 is 10.0 Å². The molecule has 23 heavy (non-hydrogen) atoms. The molecule has 2 aromatic carbocycles. The molecule has 4 nitrogen and oxygen atoms in total. The molecule has 0 saturated carbocycles. The Morgan fingerprint density at radius 2 is 1.83 bits per heavy atom. The smallest absolute Gasteiger partial charge is 0.240 e. The van der Waals surface area contributed by atoms with Gasteiger partial charge in [-0.15, -0.1) is 0 Å². The summed E-state index contributed by atoms with van der Waals surface area (Å²) >= 11 is 11.7. The van der Waals surface area contributed by atoms with E-state index in [-0.39, 0.29) is 16.5 Å². The minimum Gasteiger partial charge on any atom is -0.494 e. The predicted octanol–water partition coefficient (Wildman–Crippen LogP) is 3.91. The summed E-state index contributed by atoms with van der Waals surface area (Å²) in [6.45, 7) is 2.72. The maximum Gasteiger partial charge on any atom is 0.240 e. The standard InChI is InChI=1S/C16H17Cl2NO3S/c1-2-22-16-6-4-3-5-12(16)9-10-19-23(20,21)13-7-8-14(17)15(18)11-13/h3-8,11,19H,2,9-10H2,1H3. The highest BCUT2D eigenvalue weighted by Gasteiger charge is 2.15. The lowest BCUT2D eigenvalue weighted by molar-refractivity contribution is 0.336. The molecule has 124 valence electrons. The summed E-state index contributed by atoms with van der Waals surface area (Å²) in [5.74, 6) is 0.767. The minimum absolute atomic E-state index is 0.0880. The summed E-state index contributed by atoms with van der Waals surface area (Å²) in [6, 6.07) is 11.8. The first-order valence-corrected chi connectivity index (χ1v) is 9.33. The van der Waals surface area contributed by atoms with Crippen LogP contribution in [0.5, 0.6) is 5.75 Å². The first kappa shape index (κ1) is 18.1. The Morgan fingerprint density at radius 1 is 1.09 bits per heavy atom. The molecule has 0 atom stereocenters. The molecule has 0 bridgehead atoms. The van der Waals surface area contributed by atoms with Gasteiger partial charge in [0.25, 0.3) is 0 Å². The van der Waals surface area contributed by atoms with Gasteiger partial charge in [-0.25, -0.2) is 13.1 Å². The minimum atomic E-state index is -3.63. The van der Waals surface area contributed by atoms with E-state index in [2.05, 4.69) is 4.72 Å². The molecule has 0 aromatic heterocycles. The molecule has 2 rings (SSSR count). The third kappa shape index (κ3) is 4.85. The Morgan fingerprint density at radius 3 is 2.52 bits per heavy atom. The van der Waals surface area contributed by atoms with Gasteiger partial charge in [-0.3, -0.25) is 0 Å². The normalized spacial score (nSPS) is 11.4. The van der Waals surface area contributed by atoms with E-state index in [0.717, 1.165) is 11.3 Å².